The van der Waals surface area contributed by atoms with Crippen molar-refractivity contribution in [2.24, 2.45) is 11.1 Å². The van der Waals surface area contributed by atoms with Gasteiger partial charge in [-0.15, -0.1) is 0 Å². The molecule has 0 amide bonds. The number of methoxy groups -OCH3 is 1. The van der Waals surface area contributed by atoms with Gasteiger partial charge in [-0.1, -0.05) is 19.3 Å². The predicted octanol–water partition coefficient (Wildman–Crippen LogP) is 2.85. The number of nitrogens with two attached hydrogens (primary N) is 1. The molecule has 0 bridgehead atoms. The van der Waals surface area contributed by atoms with Gasteiger partial charge in [0, 0.05) is 18.0 Å². The van der Waals surface area contributed by atoms with E-state index in [0.29, 0.717) is 30.2 Å². The van der Waals surface area contributed by atoms with Gasteiger partial charge in [-0.3, -0.25) is 0 Å². The van der Waals surface area contributed by atoms with Crippen molar-refractivity contribution in [2.45, 2.75) is 32.1 Å². The van der Waals surface area contributed by atoms with Crippen LogP contribution in [0.2, 0.25) is 0 Å². The lowest BCUT2D eigenvalue weighted by atomic mass is 9.75. The first-order valence-corrected chi connectivity index (χ1v) is 7.14. The number of hydrogen-bond donors (Lipinski definition) is 1. The lowest BCUT2D eigenvalue weighted by molar-refractivity contribution is 0.103. The van der Waals surface area contributed by atoms with Crippen LogP contribution in [0.4, 0.5) is 0 Å². The van der Waals surface area contributed by atoms with Gasteiger partial charge in [0.25, 0.3) is 0 Å². The van der Waals surface area contributed by atoms with E-state index in [9.17, 15) is 0 Å². The molecule has 0 radical (unpaired) electrons. The Morgan fingerprint density at radius 3 is 2.60 bits per heavy atom. The van der Waals surface area contributed by atoms with E-state index >= 15 is 0 Å². The highest BCUT2D eigenvalue weighted by Crippen LogP contribution is 2.37. The summed E-state index contributed by atoms with van der Waals surface area (Å²) >= 11 is 0. The maximum atomic E-state index is 8.97. The average molecular weight is 274 g/mol. The zero-order valence-corrected chi connectivity index (χ0v) is 12.0. The van der Waals surface area contributed by atoms with Crippen molar-refractivity contribution in [1.82, 2.24) is 0 Å². The third-order valence-corrected chi connectivity index (χ3v) is 4.17. The smallest absolute Gasteiger partial charge is 0.162 e. The van der Waals surface area contributed by atoms with Crippen LogP contribution in [-0.2, 0) is 0 Å². The normalized spacial score (nSPS) is 17.2. The zero-order chi connectivity index (χ0) is 14.4. The summed E-state index contributed by atoms with van der Waals surface area (Å²) in [4.78, 5) is 0. The summed E-state index contributed by atoms with van der Waals surface area (Å²) in [5, 5.41) is 8.97. The second-order valence-corrected chi connectivity index (χ2v) is 5.53. The molecule has 0 unspecified atom stereocenters. The summed E-state index contributed by atoms with van der Waals surface area (Å²) in [6.07, 6.45) is 5.95. The van der Waals surface area contributed by atoms with Gasteiger partial charge in [-0.2, -0.15) is 5.26 Å². The van der Waals surface area contributed by atoms with E-state index in [4.69, 9.17) is 20.5 Å². The third kappa shape index (κ3) is 3.23. The van der Waals surface area contributed by atoms with E-state index in [1.807, 2.05) is 0 Å². The van der Waals surface area contributed by atoms with Crippen LogP contribution in [0, 0.1) is 16.7 Å². The van der Waals surface area contributed by atoms with E-state index in [-0.39, 0.29) is 5.41 Å². The Morgan fingerprint density at radius 2 is 2.00 bits per heavy atom. The van der Waals surface area contributed by atoms with Gasteiger partial charge < -0.3 is 15.2 Å². The Kier molecular flexibility index (Phi) is 4.86. The van der Waals surface area contributed by atoms with Crippen molar-refractivity contribution in [2.75, 3.05) is 20.3 Å². The highest BCUT2D eigenvalue weighted by molar-refractivity contribution is 5.46. The van der Waals surface area contributed by atoms with Gasteiger partial charge in [-0.25, -0.2) is 0 Å². The van der Waals surface area contributed by atoms with Crippen LogP contribution >= 0.6 is 0 Å². The van der Waals surface area contributed by atoms with E-state index in [0.717, 1.165) is 12.8 Å². The summed E-state index contributed by atoms with van der Waals surface area (Å²) in [6, 6.07) is 7.34. The molecular formula is C16H22N2O2. The lowest BCUT2D eigenvalue weighted by Gasteiger charge is -2.35. The fourth-order valence-corrected chi connectivity index (χ4v) is 2.80. The molecule has 108 valence electrons. The average Bonchev–Trinajstić information content (AvgIpc) is 2.53. The zero-order valence-electron chi connectivity index (χ0n) is 12.0. The maximum Gasteiger partial charge on any atom is 0.162 e. The molecule has 2 rings (SSSR count). The van der Waals surface area contributed by atoms with Gasteiger partial charge in [0.15, 0.2) is 11.5 Å². The molecule has 0 saturated heterocycles. The van der Waals surface area contributed by atoms with E-state index in [1.165, 1.54) is 19.3 Å². The summed E-state index contributed by atoms with van der Waals surface area (Å²) in [6.45, 7) is 1.24. The van der Waals surface area contributed by atoms with Crippen molar-refractivity contribution >= 4 is 0 Å². The van der Waals surface area contributed by atoms with Crippen LogP contribution in [0.25, 0.3) is 0 Å². The number of rotatable bonds is 5. The molecule has 0 atom stereocenters. The van der Waals surface area contributed by atoms with Gasteiger partial charge in [-0.05, 0) is 25.0 Å². The van der Waals surface area contributed by atoms with Crippen LogP contribution in [0.5, 0.6) is 11.5 Å². The molecule has 1 saturated carbocycles. The Balaban J connectivity index is 2.11. The monoisotopic (exact) mass is 274 g/mol. The van der Waals surface area contributed by atoms with E-state index < -0.39 is 0 Å². The Labute approximate surface area is 120 Å². The first-order chi connectivity index (χ1) is 9.73. The van der Waals surface area contributed by atoms with Crippen LogP contribution < -0.4 is 15.2 Å². The molecule has 4 heteroatoms. The largest absolute Gasteiger partial charge is 0.493 e. The van der Waals surface area contributed by atoms with Gasteiger partial charge >= 0.3 is 0 Å². The minimum atomic E-state index is 0.0753. The van der Waals surface area contributed by atoms with Crippen molar-refractivity contribution < 1.29 is 9.47 Å². The number of nitriles is 1. The van der Waals surface area contributed by atoms with E-state index in [1.54, 1.807) is 25.3 Å². The molecule has 2 N–H and O–H groups in total. The Bertz CT molecular complexity index is 488. The first kappa shape index (κ1) is 14.7. The number of ether oxygens (including phenoxy) is 2. The van der Waals surface area contributed by atoms with Crippen LogP contribution in [-0.4, -0.2) is 20.3 Å². The summed E-state index contributed by atoms with van der Waals surface area (Å²) < 4.78 is 11.2. The minimum absolute atomic E-state index is 0.0753. The lowest BCUT2D eigenvalue weighted by Crippen LogP contribution is -2.38. The number of hydrogen-bond acceptors (Lipinski definition) is 4. The highest BCUT2D eigenvalue weighted by atomic mass is 16.5. The quantitative estimate of drug-likeness (QED) is 0.896. The van der Waals surface area contributed by atoms with E-state index in [2.05, 4.69) is 6.07 Å². The predicted molar refractivity (Wildman–Crippen MR) is 77.8 cm³/mol. The second-order valence-electron chi connectivity index (χ2n) is 5.53. The molecule has 1 aliphatic carbocycles. The molecule has 0 aromatic heterocycles. The van der Waals surface area contributed by atoms with Gasteiger partial charge in [0.1, 0.15) is 0 Å². The third-order valence-electron chi connectivity index (χ3n) is 4.17. The molecule has 1 aromatic rings. The number of nitrogens with zero attached hydrogens (tertiary/aromatic N) is 1. The van der Waals surface area contributed by atoms with Crippen molar-refractivity contribution in [1.29, 1.82) is 5.26 Å². The molecule has 0 aliphatic heterocycles. The Morgan fingerprint density at radius 1 is 1.25 bits per heavy atom. The molecule has 4 nitrogen and oxygen atoms in total. The second kappa shape index (κ2) is 6.62. The molecule has 1 aliphatic rings. The highest BCUT2D eigenvalue weighted by Gasteiger charge is 2.31. The van der Waals surface area contributed by atoms with Crippen LogP contribution in [0.15, 0.2) is 18.2 Å². The summed E-state index contributed by atoms with van der Waals surface area (Å²) in [5.74, 6) is 1.29. The fraction of sp³-hybridized carbons (Fsp3) is 0.562. The van der Waals surface area contributed by atoms with Crippen LogP contribution in [0.1, 0.15) is 37.7 Å². The first-order valence-electron chi connectivity index (χ1n) is 7.14. The Hall–Kier alpha value is -1.73. The standard InChI is InChI=1S/C16H22N2O2/c1-19-14-6-5-13(10-17)9-15(14)20-12-16(11-18)7-3-2-4-8-16/h5-6,9H,2-4,7-8,11-12,18H2,1H3. The van der Waals surface area contributed by atoms with Crippen LogP contribution in [0.3, 0.4) is 0 Å². The van der Waals surface area contributed by atoms with Crippen molar-refractivity contribution in [3.8, 4) is 17.6 Å². The molecule has 0 heterocycles. The maximum absolute atomic E-state index is 8.97. The fourth-order valence-electron chi connectivity index (χ4n) is 2.80. The number of benzene rings is 1. The minimum Gasteiger partial charge on any atom is -0.493 e. The van der Waals surface area contributed by atoms with Gasteiger partial charge in [0.2, 0.25) is 0 Å². The molecule has 20 heavy (non-hydrogen) atoms. The summed E-state index contributed by atoms with van der Waals surface area (Å²) in [5.41, 5.74) is 6.62. The topological polar surface area (TPSA) is 68.3 Å². The molecule has 1 fully saturated rings. The molecule has 1 aromatic carbocycles. The molecule has 0 spiro atoms. The van der Waals surface area contributed by atoms with Gasteiger partial charge in [0.05, 0.1) is 25.3 Å². The molecular weight excluding hydrogens is 252 g/mol. The SMILES string of the molecule is COc1ccc(C#N)cc1OCC1(CN)CCCCC1. The van der Waals surface area contributed by atoms with Crippen molar-refractivity contribution in [3.63, 3.8) is 0 Å². The van der Waals surface area contributed by atoms with Crippen molar-refractivity contribution in [3.05, 3.63) is 23.8 Å². The summed E-state index contributed by atoms with van der Waals surface area (Å²) in [7, 11) is 1.60.